The fourth-order valence-electron chi connectivity index (χ4n) is 4.61. The number of allylic oxidation sites excluding steroid dienone is 1. The van der Waals surface area contributed by atoms with E-state index in [0.29, 0.717) is 42.4 Å². The molecule has 11 nitrogen and oxygen atoms in total. The van der Waals surface area contributed by atoms with E-state index >= 15 is 0 Å². The van der Waals surface area contributed by atoms with E-state index in [4.69, 9.17) is 0 Å². The molecule has 188 valence electrons. The van der Waals surface area contributed by atoms with Crippen LogP contribution in [0.5, 0.6) is 5.75 Å². The number of nitrogens with zero attached hydrogens (tertiary/aromatic N) is 4. The third-order valence-corrected chi connectivity index (χ3v) is 6.76. The van der Waals surface area contributed by atoms with E-state index < -0.39 is 28.9 Å². The van der Waals surface area contributed by atoms with E-state index in [1.165, 1.54) is 6.07 Å². The molecule has 2 aromatic heterocycles. The molecule has 3 N–H and O–H groups in total. The number of fused-ring (bicyclic) bond motifs is 2. The first kappa shape index (κ1) is 23.7. The number of hydrogen-bond acceptors (Lipinski definition) is 7. The van der Waals surface area contributed by atoms with Crippen molar-refractivity contribution in [3.05, 3.63) is 57.0 Å². The summed E-state index contributed by atoms with van der Waals surface area (Å²) in [4.78, 5) is 61.0. The average Bonchev–Trinajstić information content (AvgIpc) is 3.62. The highest BCUT2D eigenvalue weighted by Gasteiger charge is 2.32. The predicted octanol–water partition coefficient (Wildman–Crippen LogP) is 0.458. The van der Waals surface area contributed by atoms with Gasteiger partial charge in [0.15, 0.2) is 11.4 Å². The lowest BCUT2D eigenvalue weighted by molar-refractivity contribution is -0.123. The summed E-state index contributed by atoms with van der Waals surface area (Å²) < 4.78 is 1.56. The summed E-state index contributed by atoms with van der Waals surface area (Å²) in [5, 5.41) is 15.5. The molecule has 1 aliphatic heterocycles. The van der Waals surface area contributed by atoms with Crippen LogP contribution in [0.15, 0.2) is 23.1 Å². The van der Waals surface area contributed by atoms with Gasteiger partial charge in [0, 0.05) is 49.4 Å². The molecule has 0 saturated heterocycles. The largest absolute Gasteiger partial charge is 0.503 e. The standard InChI is InChI=1S/C25H28N6O5/c1-13(2)30-7-8-31-15(9-19(32)23(34)22(31)25(30)36)10-27-20(33)12-28-24(35)16-5-6-17-21(16)29-18(11-26-17)14-3-4-14/h5,9,11,13-14,34H,3-4,6-8,10,12H2,1-2H3,(H,27,33)(H,28,35). The van der Waals surface area contributed by atoms with Crippen LogP contribution in [0.4, 0.5) is 0 Å². The minimum absolute atomic E-state index is 0.0338. The minimum Gasteiger partial charge on any atom is -0.503 e. The molecule has 2 aliphatic carbocycles. The highest BCUT2D eigenvalue weighted by Crippen LogP contribution is 2.39. The van der Waals surface area contributed by atoms with Gasteiger partial charge in [0.2, 0.25) is 11.3 Å². The topological polar surface area (TPSA) is 147 Å². The van der Waals surface area contributed by atoms with Crippen molar-refractivity contribution in [3.8, 4) is 5.75 Å². The number of aromatic hydroxyl groups is 1. The Hall–Kier alpha value is -4.02. The van der Waals surface area contributed by atoms with Gasteiger partial charge in [-0.15, -0.1) is 0 Å². The lowest BCUT2D eigenvalue weighted by Crippen LogP contribution is -2.46. The Balaban J connectivity index is 1.22. The van der Waals surface area contributed by atoms with E-state index in [9.17, 15) is 24.3 Å². The Morgan fingerprint density at radius 3 is 2.69 bits per heavy atom. The van der Waals surface area contributed by atoms with Crippen molar-refractivity contribution in [2.45, 2.75) is 58.2 Å². The van der Waals surface area contributed by atoms with Gasteiger partial charge in [0.05, 0.1) is 35.7 Å². The van der Waals surface area contributed by atoms with E-state index in [1.54, 1.807) is 21.7 Å². The average molecular weight is 493 g/mol. The summed E-state index contributed by atoms with van der Waals surface area (Å²) in [5.41, 5.74) is 2.29. The summed E-state index contributed by atoms with van der Waals surface area (Å²) in [7, 11) is 0. The van der Waals surface area contributed by atoms with Gasteiger partial charge in [-0.05, 0) is 26.7 Å². The molecule has 0 radical (unpaired) electrons. The Morgan fingerprint density at radius 2 is 1.97 bits per heavy atom. The molecule has 0 aromatic carbocycles. The molecule has 3 aliphatic rings. The quantitative estimate of drug-likeness (QED) is 0.509. The number of rotatable bonds is 7. The summed E-state index contributed by atoms with van der Waals surface area (Å²) in [6.45, 7) is 4.22. The molecule has 36 heavy (non-hydrogen) atoms. The number of carbonyl (C=O) groups excluding carboxylic acids is 3. The van der Waals surface area contributed by atoms with E-state index in [0.717, 1.165) is 24.2 Å². The van der Waals surface area contributed by atoms with Crippen LogP contribution in [-0.2, 0) is 29.1 Å². The van der Waals surface area contributed by atoms with Crippen LogP contribution in [-0.4, -0.2) is 61.4 Å². The van der Waals surface area contributed by atoms with Gasteiger partial charge in [0.1, 0.15) is 0 Å². The van der Waals surface area contributed by atoms with Crippen LogP contribution in [0.2, 0.25) is 0 Å². The zero-order chi connectivity index (χ0) is 25.6. The highest BCUT2D eigenvalue weighted by molar-refractivity contribution is 6.20. The minimum atomic E-state index is -0.684. The first-order chi connectivity index (χ1) is 17.2. The van der Waals surface area contributed by atoms with Gasteiger partial charge >= 0.3 is 0 Å². The third kappa shape index (κ3) is 4.36. The van der Waals surface area contributed by atoms with Gasteiger partial charge in [-0.1, -0.05) is 6.08 Å². The molecule has 1 saturated carbocycles. The molecular weight excluding hydrogens is 464 g/mol. The van der Waals surface area contributed by atoms with Crippen LogP contribution in [0.25, 0.3) is 5.57 Å². The van der Waals surface area contributed by atoms with Crippen molar-refractivity contribution in [1.29, 1.82) is 0 Å². The number of amides is 3. The number of carbonyl (C=O) groups is 3. The van der Waals surface area contributed by atoms with Crippen LogP contribution in [0, 0.1) is 0 Å². The van der Waals surface area contributed by atoms with Crippen LogP contribution in [0.1, 0.15) is 65.9 Å². The van der Waals surface area contributed by atoms with E-state index in [-0.39, 0.29) is 24.8 Å². The van der Waals surface area contributed by atoms with Crippen molar-refractivity contribution in [1.82, 2.24) is 30.1 Å². The van der Waals surface area contributed by atoms with Crippen molar-refractivity contribution >= 4 is 23.3 Å². The second-order valence-electron chi connectivity index (χ2n) is 9.59. The maximum Gasteiger partial charge on any atom is 0.274 e. The fraction of sp³-hybridized carbons (Fsp3) is 0.440. The maximum atomic E-state index is 12.8. The van der Waals surface area contributed by atoms with Crippen LogP contribution < -0.4 is 16.1 Å². The van der Waals surface area contributed by atoms with Gasteiger partial charge in [0.25, 0.3) is 11.8 Å². The number of hydrogen-bond donors (Lipinski definition) is 3. The summed E-state index contributed by atoms with van der Waals surface area (Å²) in [5.74, 6) is -1.46. The molecule has 2 aromatic rings. The monoisotopic (exact) mass is 492 g/mol. The number of nitrogens with one attached hydrogen (secondary N) is 2. The number of aromatic nitrogens is 3. The molecule has 0 bridgehead atoms. The fourth-order valence-corrected chi connectivity index (χ4v) is 4.61. The van der Waals surface area contributed by atoms with Gasteiger partial charge in [-0.3, -0.25) is 24.2 Å². The molecule has 0 spiro atoms. The second kappa shape index (κ2) is 9.21. The van der Waals surface area contributed by atoms with Crippen molar-refractivity contribution in [2.75, 3.05) is 13.1 Å². The summed E-state index contributed by atoms with van der Waals surface area (Å²) in [6, 6.07) is 1.13. The molecule has 11 heteroatoms. The Labute approximate surface area is 207 Å². The van der Waals surface area contributed by atoms with E-state index in [1.807, 2.05) is 13.8 Å². The molecule has 3 heterocycles. The molecule has 1 fully saturated rings. The van der Waals surface area contributed by atoms with Gasteiger partial charge in [-0.25, -0.2) is 4.98 Å². The molecule has 5 rings (SSSR count). The molecular formula is C25H28N6O5. The van der Waals surface area contributed by atoms with Crippen molar-refractivity contribution < 1.29 is 19.5 Å². The molecule has 0 atom stereocenters. The zero-order valence-electron chi connectivity index (χ0n) is 20.2. The highest BCUT2D eigenvalue weighted by atomic mass is 16.3. The molecule has 3 amide bonds. The second-order valence-corrected chi connectivity index (χ2v) is 9.59. The van der Waals surface area contributed by atoms with E-state index in [2.05, 4.69) is 20.6 Å². The van der Waals surface area contributed by atoms with Gasteiger partial charge < -0.3 is 25.2 Å². The Bertz CT molecular complexity index is 1360. The third-order valence-electron chi connectivity index (χ3n) is 6.76. The maximum absolute atomic E-state index is 12.8. The smallest absolute Gasteiger partial charge is 0.274 e. The lowest BCUT2D eigenvalue weighted by atomic mass is 10.1. The summed E-state index contributed by atoms with van der Waals surface area (Å²) >= 11 is 0. The van der Waals surface area contributed by atoms with Crippen molar-refractivity contribution in [3.63, 3.8) is 0 Å². The van der Waals surface area contributed by atoms with Crippen LogP contribution >= 0.6 is 0 Å². The zero-order valence-corrected chi connectivity index (χ0v) is 20.2. The summed E-state index contributed by atoms with van der Waals surface area (Å²) in [6.07, 6.45) is 6.23. The Kier molecular flexibility index (Phi) is 6.07. The van der Waals surface area contributed by atoms with Crippen molar-refractivity contribution in [2.24, 2.45) is 0 Å². The van der Waals surface area contributed by atoms with Crippen LogP contribution in [0.3, 0.4) is 0 Å². The predicted molar refractivity (Wildman–Crippen MR) is 129 cm³/mol. The normalized spacial score (nSPS) is 16.5. The van der Waals surface area contributed by atoms with Gasteiger partial charge in [-0.2, -0.15) is 0 Å². The first-order valence-electron chi connectivity index (χ1n) is 12.1. The molecule has 0 unspecified atom stereocenters. The number of pyridine rings is 1. The Morgan fingerprint density at radius 1 is 1.19 bits per heavy atom. The first-order valence-corrected chi connectivity index (χ1v) is 12.1. The SMILES string of the molecule is CC(C)N1CCn2c(CNC(=O)CNC(=O)C3=CCc4ncc(C5CC5)nc43)cc(=O)c(O)c2C1=O. The lowest BCUT2D eigenvalue weighted by Gasteiger charge is -2.34.